The third kappa shape index (κ3) is 3.11. The molecule has 1 aromatic heterocycles. The number of amides is 1. The lowest BCUT2D eigenvalue weighted by molar-refractivity contribution is -0.138. The summed E-state index contributed by atoms with van der Waals surface area (Å²) in [6.45, 7) is 3.67. The number of benzene rings is 1. The number of aromatic nitrogens is 2. The SMILES string of the molecule is CN1C(=O)C2CCC1CN(C1CCN(c3ncc4ccc(F)cc4n3)CC1)C2. The van der Waals surface area contributed by atoms with Gasteiger partial charge >= 0.3 is 0 Å². The molecule has 2 unspecified atom stereocenters. The highest BCUT2D eigenvalue weighted by Crippen LogP contribution is 2.31. The summed E-state index contributed by atoms with van der Waals surface area (Å²) in [4.78, 5) is 28.3. The maximum atomic E-state index is 13.5. The second-order valence-electron chi connectivity index (χ2n) is 8.42. The molecular weight excluding hydrogens is 357 g/mol. The van der Waals surface area contributed by atoms with Gasteiger partial charge in [0.25, 0.3) is 0 Å². The van der Waals surface area contributed by atoms with Crippen molar-refractivity contribution in [2.75, 3.05) is 38.1 Å². The number of likely N-dealkylation sites (N-methyl/N-ethyl adjacent to an activating group) is 1. The van der Waals surface area contributed by atoms with Gasteiger partial charge in [0.1, 0.15) is 5.82 Å². The molecule has 1 amide bonds. The predicted octanol–water partition coefficient (Wildman–Crippen LogP) is 2.29. The molecule has 4 aliphatic rings. The van der Waals surface area contributed by atoms with Crippen molar-refractivity contribution in [3.63, 3.8) is 0 Å². The summed E-state index contributed by atoms with van der Waals surface area (Å²) in [5.74, 6) is 0.905. The number of nitrogens with zero attached hydrogens (tertiary/aromatic N) is 5. The van der Waals surface area contributed by atoms with Crippen LogP contribution in [-0.4, -0.2) is 71.0 Å². The number of rotatable bonds is 2. The topological polar surface area (TPSA) is 52.6 Å². The molecule has 0 spiro atoms. The maximum Gasteiger partial charge on any atom is 0.227 e. The Balaban J connectivity index is 1.27. The van der Waals surface area contributed by atoms with E-state index in [1.54, 1.807) is 12.3 Å². The lowest BCUT2D eigenvalue weighted by Crippen LogP contribution is -2.48. The third-order valence-corrected chi connectivity index (χ3v) is 6.79. The second-order valence-corrected chi connectivity index (χ2v) is 8.42. The van der Waals surface area contributed by atoms with E-state index in [-0.39, 0.29) is 11.7 Å². The van der Waals surface area contributed by atoms with Gasteiger partial charge < -0.3 is 9.80 Å². The van der Waals surface area contributed by atoms with Gasteiger partial charge in [0.2, 0.25) is 11.9 Å². The molecule has 7 heteroatoms. The lowest BCUT2D eigenvalue weighted by atomic mass is 9.95. The molecule has 2 bridgehead atoms. The summed E-state index contributed by atoms with van der Waals surface area (Å²) in [7, 11) is 1.96. The van der Waals surface area contributed by atoms with Gasteiger partial charge in [-0.1, -0.05) is 0 Å². The van der Waals surface area contributed by atoms with Crippen LogP contribution in [0.5, 0.6) is 0 Å². The monoisotopic (exact) mass is 383 g/mol. The van der Waals surface area contributed by atoms with E-state index in [1.165, 1.54) is 12.1 Å². The van der Waals surface area contributed by atoms with Crippen LogP contribution < -0.4 is 4.90 Å². The summed E-state index contributed by atoms with van der Waals surface area (Å²) < 4.78 is 13.5. The molecule has 2 aromatic rings. The first-order valence-electron chi connectivity index (χ1n) is 10.3. The normalized spacial score (nSPS) is 26.9. The quantitative estimate of drug-likeness (QED) is 0.797. The van der Waals surface area contributed by atoms with Gasteiger partial charge in [-0.2, -0.15) is 0 Å². The van der Waals surface area contributed by atoms with E-state index in [4.69, 9.17) is 0 Å². The van der Waals surface area contributed by atoms with Crippen LogP contribution in [0.3, 0.4) is 0 Å². The fourth-order valence-corrected chi connectivity index (χ4v) is 5.06. The molecule has 4 aliphatic heterocycles. The number of hydrogen-bond acceptors (Lipinski definition) is 5. The Morgan fingerprint density at radius 3 is 2.71 bits per heavy atom. The molecule has 6 nitrogen and oxygen atoms in total. The summed E-state index contributed by atoms with van der Waals surface area (Å²) in [6.07, 6.45) is 6.02. The van der Waals surface area contributed by atoms with Gasteiger partial charge in [-0.25, -0.2) is 14.4 Å². The average Bonchev–Trinajstić information content (AvgIpc) is 3.00. The lowest BCUT2D eigenvalue weighted by Gasteiger charge is -2.39. The molecule has 6 rings (SSSR count). The van der Waals surface area contributed by atoms with Gasteiger partial charge in [0.05, 0.1) is 11.4 Å². The van der Waals surface area contributed by atoms with Crippen molar-refractivity contribution >= 4 is 22.8 Å². The number of hydrogen-bond donors (Lipinski definition) is 0. The summed E-state index contributed by atoms with van der Waals surface area (Å²) in [5.41, 5.74) is 0.651. The molecule has 4 fully saturated rings. The van der Waals surface area contributed by atoms with E-state index in [9.17, 15) is 9.18 Å². The number of halogens is 1. The minimum Gasteiger partial charge on any atom is -0.341 e. The molecule has 4 saturated heterocycles. The number of carbonyl (C=O) groups is 1. The molecule has 5 heterocycles. The summed E-state index contributed by atoms with van der Waals surface area (Å²) in [6, 6.07) is 5.49. The number of carbonyl (C=O) groups excluding carboxylic acids is 1. The molecule has 2 atom stereocenters. The number of anilines is 1. The molecule has 0 aliphatic carbocycles. The highest BCUT2D eigenvalue weighted by Gasteiger charge is 2.41. The Kier molecular flexibility index (Phi) is 4.42. The minimum atomic E-state index is -0.272. The average molecular weight is 383 g/mol. The molecule has 0 N–H and O–H groups in total. The summed E-state index contributed by atoms with van der Waals surface area (Å²) >= 11 is 0. The zero-order valence-electron chi connectivity index (χ0n) is 16.2. The van der Waals surface area contributed by atoms with E-state index < -0.39 is 0 Å². The maximum absolute atomic E-state index is 13.5. The van der Waals surface area contributed by atoms with Crippen molar-refractivity contribution < 1.29 is 9.18 Å². The molecule has 28 heavy (non-hydrogen) atoms. The second kappa shape index (κ2) is 6.95. The van der Waals surface area contributed by atoms with Gasteiger partial charge in [-0.15, -0.1) is 0 Å². The van der Waals surface area contributed by atoms with Crippen LogP contribution in [0.1, 0.15) is 25.7 Å². The van der Waals surface area contributed by atoms with E-state index in [2.05, 4.69) is 19.8 Å². The first-order chi connectivity index (χ1) is 13.6. The van der Waals surface area contributed by atoms with Crippen LogP contribution in [0.2, 0.25) is 0 Å². The van der Waals surface area contributed by atoms with Crippen molar-refractivity contribution in [1.29, 1.82) is 0 Å². The zero-order valence-corrected chi connectivity index (χ0v) is 16.2. The van der Waals surface area contributed by atoms with E-state index in [0.29, 0.717) is 29.5 Å². The van der Waals surface area contributed by atoms with Crippen LogP contribution in [0.15, 0.2) is 24.4 Å². The highest BCUT2D eigenvalue weighted by atomic mass is 19.1. The Hall–Kier alpha value is -2.28. The standard InChI is InChI=1S/C21H26FN5O/c1-25-18-5-3-15(20(25)28)12-27(13-18)17-6-8-26(9-7-17)21-23-11-14-2-4-16(22)10-19(14)24-21/h2,4,10-11,15,17-18H,3,5-9,12-13H2,1H3. The van der Waals surface area contributed by atoms with Crippen LogP contribution in [0.25, 0.3) is 10.9 Å². The Bertz CT molecular complexity index is 897. The van der Waals surface area contributed by atoms with Gasteiger partial charge in [-0.3, -0.25) is 9.69 Å². The van der Waals surface area contributed by atoms with Gasteiger partial charge in [-0.05, 0) is 37.8 Å². The molecule has 148 valence electrons. The van der Waals surface area contributed by atoms with Crippen LogP contribution in [0, 0.1) is 11.7 Å². The van der Waals surface area contributed by atoms with E-state index in [0.717, 1.165) is 57.2 Å². The van der Waals surface area contributed by atoms with Crippen LogP contribution >= 0.6 is 0 Å². The first-order valence-corrected chi connectivity index (χ1v) is 10.3. The largest absolute Gasteiger partial charge is 0.341 e. The Labute approximate surface area is 164 Å². The van der Waals surface area contributed by atoms with Crippen molar-refractivity contribution in [2.24, 2.45) is 5.92 Å². The molecule has 0 radical (unpaired) electrons. The van der Waals surface area contributed by atoms with Gasteiger partial charge in [0.15, 0.2) is 0 Å². The van der Waals surface area contributed by atoms with Crippen LogP contribution in [0.4, 0.5) is 10.3 Å². The first kappa shape index (κ1) is 17.8. The molecular formula is C21H26FN5O. The highest BCUT2D eigenvalue weighted by molar-refractivity contribution is 5.80. The van der Waals surface area contributed by atoms with Crippen molar-refractivity contribution in [1.82, 2.24) is 19.8 Å². The van der Waals surface area contributed by atoms with Crippen LogP contribution in [-0.2, 0) is 4.79 Å². The van der Waals surface area contributed by atoms with E-state index >= 15 is 0 Å². The van der Waals surface area contributed by atoms with Crippen molar-refractivity contribution in [3.05, 3.63) is 30.2 Å². The fourth-order valence-electron chi connectivity index (χ4n) is 5.06. The number of piperidine rings is 2. The smallest absolute Gasteiger partial charge is 0.227 e. The van der Waals surface area contributed by atoms with Gasteiger partial charge in [0, 0.05) is 63.0 Å². The Morgan fingerprint density at radius 2 is 1.89 bits per heavy atom. The Morgan fingerprint density at radius 1 is 1.07 bits per heavy atom. The molecule has 0 saturated carbocycles. The third-order valence-electron chi connectivity index (χ3n) is 6.79. The predicted molar refractivity (Wildman–Crippen MR) is 106 cm³/mol. The zero-order chi connectivity index (χ0) is 19.3. The van der Waals surface area contributed by atoms with Crippen molar-refractivity contribution in [2.45, 2.75) is 37.8 Å². The number of fused-ring (bicyclic) bond motifs is 5. The minimum absolute atomic E-state index is 0.167. The van der Waals surface area contributed by atoms with E-state index in [1.807, 2.05) is 11.9 Å². The summed E-state index contributed by atoms with van der Waals surface area (Å²) in [5, 5.41) is 0.855. The fraction of sp³-hybridized carbons (Fsp3) is 0.571. The van der Waals surface area contributed by atoms with Crippen molar-refractivity contribution in [3.8, 4) is 0 Å². The molecule has 1 aromatic carbocycles.